The van der Waals surface area contributed by atoms with Crippen molar-refractivity contribution in [3.63, 3.8) is 0 Å². The molecule has 8 heteroatoms. The Morgan fingerprint density at radius 3 is 2.42 bits per heavy atom. The molecular formula is C16H12ClF3O3S. The second-order valence-corrected chi connectivity index (χ2v) is 8.13. The number of benzene rings is 2. The monoisotopic (exact) mass is 376 g/mol. The van der Waals surface area contributed by atoms with Crippen molar-refractivity contribution >= 4 is 21.4 Å². The largest absolute Gasteiger partial charge is 0.457 e. The van der Waals surface area contributed by atoms with E-state index in [1.54, 1.807) is 0 Å². The average molecular weight is 377 g/mol. The van der Waals surface area contributed by atoms with E-state index in [4.69, 9.17) is 16.3 Å². The van der Waals surface area contributed by atoms with Gasteiger partial charge in [-0.15, -0.1) is 0 Å². The predicted molar refractivity (Wildman–Crippen MR) is 83.4 cm³/mol. The Balaban J connectivity index is 2.09. The van der Waals surface area contributed by atoms with Crippen LogP contribution in [0.15, 0.2) is 35.2 Å². The standard InChI is InChI=1S/C16H12ClF3O3S/c1-24(21,22)15-3-2-14(12-7-16(19,20)8-13(12)15)23-11-5-9(17)4-10(18)6-11/h2-6H,7-8H2,1H3. The van der Waals surface area contributed by atoms with Crippen LogP contribution in [0.1, 0.15) is 11.1 Å². The maximum Gasteiger partial charge on any atom is 0.256 e. The zero-order chi connectivity index (χ0) is 17.7. The first kappa shape index (κ1) is 17.1. The predicted octanol–water partition coefficient (Wildman–Crippen LogP) is 4.41. The summed E-state index contributed by atoms with van der Waals surface area (Å²) in [5.74, 6) is -3.58. The van der Waals surface area contributed by atoms with E-state index in [0.29, 0.717) is 0 Å². The third-order valence-electron chi connectivity index (χ3n) is 3.68. The minimum Gasteiger partial charge on any atom is -0.457 e. The molecule has 0 atom stereocenters. The van der Waals surface area contributed by atoms with E-state index in [-0.39, 0.29) is 32.5 Å². The summed E-state index contributed by atoms with van der Waals surface area (Å²) in [7, 11) is -3.65. The highest BCUT2D eigenvalue weighted by Crippen LogP contribution is 2.43. The van der Waals surface area contributed by atoms with Gasteiger partial charge in [-0.05, 0) is 29.8 Å². The number of hydrogen-bond donors (Lipinski definition) is 0. The van der Waals surface area contributed by atoms with Crippen LogP contribution in [0.5, 0.6) is 11.5 Å². The molecule has 3 nitrogen and oxygen atoms in total. The van der Waals surface area contributed by atoms with Gasteiger partial charge in [0.2, 0.25) is 0 Å². The van der Waals surface area contributed by atoms with Gasteiger partial charge in [-0.2, -0.15) is 0 Å². The van der Waals surface area contributed by atoms with Crippen molar-refractivity contribution in [1.82, 2.24) is 0 Å². The van der Waals surface area contributed by atoms with Crippen LogP contribution in [-0.4, -0.2) is 20.6 Å². The molecule has 0 bridgehead atoms. The maximum atomic E-state index is 13.8. The van der Waals surface area contributed by atoms with E-state index < -0.39 is 34.4 Å². The molecular weight excluding hydrogens is 365 g/mol. The molecule has 0 saturated heterocycles. The third kappa shape index (κ3) is 3.37. The first-order valence-electron chi connectivity index (χ1n) is 6.92. The lowest BCUT2D eigenvalue weighted by molar-refractivity contribution is 0.0125. The molecule has 0 N–H and O–H groups in total. The molecule has 3 rings (SSSR count). The fourth-order valence-electron chi connectivity index (χ4n) is 2.77. The fourth-order valence-corrected chi connectivity index (χ4v) is 3.94. The van der Waals surface area contributed by atoms with E-state index >= 15 is 0 Å². The van der Waals surface area contributed by atoms with Gasteiger partial charge < -0.3 is 4.74 Å². The van der Waals surface area contributed by atoms with Crippen LogP contribution in [0.25, 0.3) is 0 Å². The molecule has 0 spiro atoms. The number of halogens is 4. The summed E-state index contributed by atoms with van der Waals surface area (Å²) in [6.07, 6.45) is -0.345. The molecule has 1 aliphatic rings. The van der Waals surface area contributed by atoms with Crippen LogP contribution < -0.4 is 4.74 Å². The summed E-state index contributed by atoms with van der Waals surface area (Å²) in [6.45, 7) is 0. The number of rotatable bonds is 3. The Bertz CT molecular complexity index is 906. The third-order valence-corrected chi connectivity index (χ3v) is 5.08. The van der Waals surface area contributed by atoms with Gasteiger partial charge in [0.15, 0.2) is 9.84 Å². The van der Waals surface area contributed by atoms with Gasteiger partial charge in [0.25, 0.3) is 5.92 Å². The summed E-state index contributed by atoms with van der Waals surface area (Å²) in [6, 6.07) is 6.02. The number of fused-ring (bicyclic) bond motifs is 1. The van der Waals surface area contributed by atoms with Gasteiger partial charge in [0.1, 0.15) is 17.3 Å². The van der Waals surface area contributed by atoms with Crippen molar-refractivity contribution in [3.8, 4) is 11.5 Å². The van der Waals surface area contributed by atoms with E-state index in [9.17, 15) is 21.6 Å². The van der Waals surface area contributed by atoms with Gasteiger partial charge in [0, 0.05) is 35.7 Å². The van der Waals surface area contributed by atoms with Crippen molar-refractivity contribution in [2.75, 3.05) is 6.26 Å². The lowest BCUT2D eigenvalue weighted by Crippen LogP contribution is -2.15. The number of hydrogen-bond acceptors (Lipinski definition) is 3. The zero-order valence-electron chi connectivity index (χ0n) is 12.4. The summed E-state index contributed by atoms with van der Waals surface area (Å²) >= 11 is 5.74. The highest BCUT2D eigenvalue weighted by atomic mass is 35.5. The lowest BCUT2D eigenvalue weighted by atomic mass is 10.1. The number of alkyl halides is 2. The molecule has 0 radical (unpaired) electrons. The topological polar surface area (TPSA) is 43.4 Å². The summed E-state index contributed by atoms with van der Waals surface area (Å²) in [5.41, 5.74) is 0.158. The molecule has 0 heterocycles. The van der Waals surface area contributed by atoms with Crippen molar-refractivity contribution in [2.45, 2.75) is 23.7 Å². The van der Waals surface area contributed by atoms with Crippen molar-refractivity contribution in [1.29, 1.82) is 0 Å². The van der Waals surface area contributed by atoms with Gasteiger partial charge >= 0.3 is 0 Å². The van der Waals surface area contributed by atoms with Crippen molar-refractivity contribution in [3.05, 3.63) is 52.3 Å². The summed E-state index contributed by atoms with van der Waals surface area (Å²) < 4.78 is 70.1. The Kier molecular flexibility index (Phi) is 4.04. The van der Waals surface area contributed by atoms with Crippen LogP contribution in [-0.2, 0) is 22.7 Å². The second kappa shape index (κ2) is 5.67. The fraction of sp³-hybridized carbons (Fsp3) is 0.250. The number of ether oxygens (including phenoxy) is 1. The van der Waals surface area contributed by atoms with Gasteiger partial charge in [-0.1, -0.05) is 11.6 Å². The summed E-state index contributed by atoms with van der Waals surface area (Å²) in [5, 5.41) is 0.0970. The van der Waals surface area contributed by atoms with Crippen LogP contribution in [0.2, 0.25) is 5.02 Å². The normalized spacial score (nSPS) is 16.0. The second-order valence-electron chi connectivity index (χ2n) is 5.71. The van der Waals surface area contributed by atoms with Crippen LogP contribution >= 0.6 is 11.6 Å². The highest BCUT2D eigenvalue weighted by molar-refractivity contribution is 7.90. The molecule has 0 amide bonds. The molecule has 0 saturated carbocycles. The molecule has 0 fully saturated rings. The smallest absolute Gasteiger partial charge is 0.256 e. The SMILES string of the molecule is CS(=O)(=O)c1ccc(Oc2cc(F)cc(Cl)c2)c2c1CC(F)(F)C2. The lowest BCUT2D eigenvalue weighted by Gasteiger charge is -2.13. The van der Waals surface area contributed by atoms with E-state index in [1.165, 1.54) is 18.2 Å². The first-order chi connectivity index (χ1) is 11.0. The molecule has 0 unspecified atom stereocenters. The van der Waals surface area contributed by atoms with Crippen LogP contribution in [0, 0.1) is 5.82 Å². The summed E-state index contributed by atoms with van der Waals surface area (Å²) in [4.78, 5) is -0.140. The maximum absolute atomic E-state index is 13.8. The molecule has 0 aliphatic heterocycles. The zero-order valence-corrected chi connectivity index (χ0v) is 14.0. The Morgan fingerprint density at radius 2 is 1.79 bits per heavy atom. The van der Waals surface area contributed by atoms with Crippen LogP contribution in [0.4, 0.5) is 13.2 Å². The average Bonchev–Trinajstić information content (AvgIpc) is 2.71. The Labute approximate surface area is 141 Å². The van der Waals surface area contributed by atoms with E-state index in [1.807, 2.05) is 0 Å². The Morgan fingerprint density at radius 1 is 1.12 bits per heavy atom. The van der Waals surface area contributed by atoms with Gasteiger partial charge in [0.05, 0.1) is 4.90 Å². The molecule has 1 aliphatic carbocycles. The van der Waals surface area contributed by atoms with E-state index in [2.05, 4.69) is 0 Å². The highest BCUT2D eigenvalue weighted by Gasteiger charge is 2.41. The van der Waals surface area contributed by atoms with Gasteiger partial charge in [-0.25, -0.2) is 21.6 Å². The molecule has 24 heavy (non-hydrogen) atoms. The minimum atomic E-state index is -3.65. The van der Waals surface area contributed by atoms with Gasteiger partial charge in [-0.3, -0.25) is 0 Å². The minimum absolute atomic E-state index is 0.0440. The van der Waals surface area contributed by atoms with Crippen LogP contribution in [0.3, 0.4) is 0 Å². The molecule has 0 aromatic heterocycles. The number of sulfone groups is 1. The Hall–Kier alpha value is -1.73. The van der Waals surface area contributed by atoms with Crippen molar-refractivity contribution in [2.24, 2.45) is 0 Å². The molecule has 128 valence electrons. The quantitative estimate of drug-likeness (QED) is 0.797. The van der Waals surface area contributed by atoms with Crippen molar-refractivity contribution < 1.29 is 26.3 Å². The van der Waals surface area contributed by atoms with E-state index in [0.717, 1.165) is 18.4 Å². The molecule has 2 aromatic carbocycles. The molecule has 2 aromatic rings. The first-order valence-corrected chi connectivity index (χ1v) is 9.19.